The fourth-order valence-corrected chi connectivity index (χ4v) is 1.95. The fraction of sp³-hybridized carbons (Fsp3) is 0.353. The number of carbonyl (C=O) groups excluding carboxylic acids is 3. The number of benzene rings is 1. The minimum Gasteiger partial charge on any atom is -0.469 e. The third kappa shape index (κ3) is 5.91. The Labute approximate surface area is 130 Å². The highest BCUT2D eigenvalue weighted by Gasteiger charge is 2.16. The van der Waals surface area contributed by atoms with Crippen LogP contribution in [0.4, 0.5) is 0 Å². The Balaban J connectivity index is 2.50. The number of nitrogens with zero attached hydrogens (tertiary/aromatic N) is 1. The van der Waals surface area contributed by atoms with E-state index in [1.54, 1.807) is 30.3 Å². The number of hydrogen-bond acceptors (Lipinski definition) is 4. The summed E-state index contributed by atoms with van der Waals surface area (Å²) in [5, 5.41) is 0. The molecule has 1 aromatic rings. The van der Waals surface area contributed by atoms with Gasteiger partial charge in [0.2, 0.25) is 5.91 Å². The van der Waals surface area contributed by atoms with E-state index >= 15 is 0 Å². The lowest BCUT2D eigenvalue weighted by molar-refractivity contribution is -0.141. The number of amides is 1. The van der Waals surface area contributed by atoms with E-state index in [2.05, 4.69) is 11.3 Å². The van der Waals surface area contributed by atoms with E-state index in [1.807, 2.05) is 6.07 Å². The van der Waals surface area contributed by atoms with Crippen LogP contribution in [0.1, 0.15) is 29.6 Å². The van der Waals surface area contributed by atoms with E-state index in [1.165, 1.54) is 12.0 Å². The predicted octanol–water partition coefficient (Wildman–Crippen LogP) is 2.23. The summed E-state index contributed by atoms with van der Waals surface area (Å²) in [6.45, 7) is 4.20. The molecule has 0 heterocycles. The maximum absolute atomic E-state index is 12.1. The van der Waals surface area contributed by atoms with Gasteiger partial charge in [0.1, 0.15) is 0 Å². The van der Waals surface area contributed by atoms with E-state index in [-0.39, 0.29) is 43.5 Å². The zero-order valence-corrected chi connectivity index (χ0v) is 12.8. The van der Waals surface area contributed by atoms with Crippen LogP contribution in [-0.2, 0) is 14.3 Å². The predicted molar refractivity (Wildman–Crippen MR) is 83.4 cm³/mol. The van der Waals surface area contributed by atoms with Gasteiger partial charge in [-0.05, 0) is 0 Å². The van der Waals surface area contributed by atoms with Crippen molar-refractivity contribution in [2.75, 3.05) is 20.2 Å². The van der Waals surface area contributed by atoms with E-state index in [9.17, 15) is 14.4 Å². The highest BCUT2D eigenvalue weighted by Crippen LogP contribution is 2.07. The molecule has 0 radical (unpaired) electrons. The van der Waals surface area contributed by atoms with Gasteiger partial charge in [-0.3, -0.25) is 14.4 Å². The first kappa shape index (κ1) is 17.6. The van der Waals surface area contributed by atoms with Crippen LogP contribution in [0.2, 0.25) is 0 Å². The maximum atomic E-state index is 12.1. The van der Waals surface area contributed by atoms with E-state index in [0.717, 1.165) is 0 Å². The lowest BCUT2D eigenvalue weighted by atomic mass is 10.1. The molecule has 0 saturated carbocycles. The van der Waals surface area contributed by atoms with Gasteiger partial charge in [0.15, 0.2) is 5.78 Å². The SMILES string of the molecule is C=CCN(CCC(=O)OC)C(=O)CCC(=O)c1ccccc1. The number of Topliss-reactive ketones (excluding diaryl/α,β-unsaturated/α-hetero) is 1. The van der Waals surface area contributed by atoms with Gasteiger partial charge in [0.05, 0.1) is 13.5 Å². The zero-order valence-electron chi connectivity index (χ0n) is 12.8. The van der Waals surface area contributed by atoms with Crippen molar-refractivity contribution in [2.45, 2.75) is 19.3 Å². The quantitative estimate of drug-likeness (QED) is 0.399. The van der Waals surface area contributed by atoms with Gasteiger partial charge in [-0.2, -0.15) is 0 Å². The van der Waals surface area contributed by atoms with Crippen LogP contribution < -0.4 is 0 Å². The fourth-order valence-electron chi connectivity index (χ4n) is 1.95. The summed E-state index contributed by atoms with van der Waals surface area (Å²) >= 11 is 0. The summed E-state index contributed by atoms with van der Waals surface area (Å²) in [7, 11) is 1.31. The number of rotatable bonds is 9. The van der Waals surface area contributed by atoms with Crippen LogP contribution in [0.25, 0.3) is 0 Å². The van der Waals surface area contributed by atoms with Crippen molar-refractivity contribution in [3.05, 3.63) is 48.6 Å². The van der Waals surface area contributed by atoms with Crippen molar-refractivity contribution in [2.24, 2.45) is 0 Å². The van der Waals surface area contributed by atoms with Gasteiger partial charge in [0.25, 0.3) is 0 Å². The first-order valence-corrected chi connectivity index (χ1v) is 7.12. The van der Waals surface area contributed by atoms with Crippen LogP contribution in [-0.4, -0.2) is 42.8 Å². The molecule has 0 N–H and O–H groups in total. The second kappa shape index (κ2) is 9.50. The van der Waals surface area contributed by atoms with Gasteiger partial charge in [0, 0.05) is 31.5 Å². The highest BCUT2D eigenvalue weighted by molar-refractivity contribution is 5.97. The topological polar surface area (TPSA) is 63.7 Å². The average molecular weight is 303 g/mol. The summed E-state index contributed by atoms with van der Waals surface area (Å²) in [4.78, 5) is 36.8. The van der Waals surface area contributed by atoms with Gasteiger partial charge in [-0.25, -0.2) is 0 Å². The Bertz CT molecular complexity index is 525. The number of ketones is 1. The molecule has 1 amide bonds. The molecule has 0 spiro atoms. The molecule has 0 aliphatic heterocycles. The normalized spacial score (nSPS) is 9.86. The Morgan fingerprint density at radius 2 is 1.82 bits per heavy atom. The molecule has 1 aromatic carbocycles. The maximum Gasteiger partial charge on any atom is 0.307 e. The molecule has 0 atom stereocenters. The van der Waals surface area contributed by atoms with Crippen LogP contribution in [0.15, 0.2) is 43.0 Å². The molecular formula is C17H21NO4. The molecule has 0 aromatic heterocycles. The second-order valence-corrected chi connectivity index (χ2v) is 4.74. The van der Waals surface area contributed by atoms with E-state index in [4.69, 9.17) is 0 Å². The molecule has 22 heavy (non-hydrogen) atoms. The molecule has 118 valence electrons. The van der Waals surface area contributed by atoms with Gasteiger partial charge < -0.3 is 9.64 Å². The van der Waals surface area contributed by atoms with Crippen LogP contribution >= 0.6 is 0 Å². The van der Waals surface area contributed by atoms with Crippen molar-refractivity contribution >= 4 is 17.7 Å². The Kier molecular flexibility index (Phi) is 7.61. The van der Waals surface area contributed by atoms with Crippen LogP contribution in [0.3, 0.4) is 0 Å². The number of esters is 1. The second-order valence-electron chi connectivity index (χ2n) is 4.74. The molecule has 0 unspecified atom stereocenters. The Morgan fingerprint density at radius 3 is 2.41 bits per heavy atom. The minimum absolute atomic E-state index is 0.0690. The van der Waals surface area contributed by atoms with Crippen molar-refractivity contribution in [1.29, 1.82) is 0 Å². The van der Waals surface area contributed by atoms with Gasteiger partial charge in [-0.15, -0.1) is 6.58 Å². The zero-order chi connectivity index (χ0) is 16.4. The lowest BCUT2D eigenvalue weighted by Gasteiger charge is -2.20. The van der Waals surface area contributed by atoms with Crippen molar-refractivity contribution < 1.29 is 19.1 Å². The first-order valence-electron chi connectivity index (χ1n) is 7.12. The van der Waals surface area contributed by atoms with Crippen LogP contribution in [0.5, 0.6) is 0 Å². The summed E-state index contributed by atoms with van der Waals surface area (Å²) in [5.74, 6) is -0.615. The monoisotopic (exact) mass is 303 g/mol. The smallest absolute Gasteiger partial charge is 0.307 e. The van der Waals surface area contributed by atoms with Crippen molar-refractivity contribution in [3.8, 4) is 0 Å². The van der Waals surface area contributed by atoms with Gasteiger partial charge in [-0.1, -0.05) is 36.4 Å². The molecule has 1 rings (SSSR count). The summed E-state index contributed by atoms with van der Waals surface area (Å²) < 4.78 is 4.56. The molecule has 0 bridgehead atoms. The largest absolute Gasteiger partial charge is 0.469 e. The molecule has 0 aliphatic rings. The minimum atomic E-state index is -0.373. The standard InChI is InChI=1S/C17H21NO4/c1-3-12-18(13-11-17(21)22-2)16(20)10-9-15(19)14-7-5-4-6-8-14/h3-8H,1,9-13H2,2H3. The molecule has 0 aliphatic carbocycles. The average Bonchev–Trinajstić information content (AvgIpc) is 2.56. The number of hydrogen-bond donors (Lipinski definition) is 0. The number of carbonyl (C=O) groups is 3. The summed E-state index contributed by atoms with van der Waals surface area (Å²) in [6, 6.07) is 8.86. The molecule has 5 nitrogen and oxygen atoms in total. The lowest BCUT2D eigenvalue weighted by Crippen LogP contribution is -2.33. The Hall–Kier alpha value is -2.43. The molecule has 5 heteroatoms. The number of ether oxygens (including phenoxy) is 1. The van der Waals surface area contributed by atoms with Crippen molar-refractivity contribution in [3.63, 3.8) is 0 Å². The van der Waals surface area contributed by atoms with Crippen molar-refractivity contribution in [1.82, 2.24) is 4.90 Å². The molecule has 0 saturated heterocycles. The Morgan fingerprint density at radius 1 is 1.14 bits per heavy atom. The number of methoxy groups -OCH3 is 1. The van der Waals surface area contributed by atoms with Crippen LogP contribution in [0, 0.1) is 0 Å². The third-order valence-electron chi connectivity index (χ3n) is 3.18. The molecular weight excluding hydrogens is 282 g/mol. The molecule has 0 fully saturated rings. The first-order chi connectivity index (χ1) is 10.6. The highest BCUT2D eigenvalue weighted by atomic mass is 16.5. The van der Waals surface area contributed by atoms with E-state index < -0.39 is 0 Å². The van der Waals surface area contributed by atoms with E-state index in [0.29, 0.717) is 12.1 Å². The summed E-state index contributed by atoms with van der Waals surface area (Å²) in [5.41, 5.74) is 0.597. The summed E-state index contributed by atoms with van der Waals surface area (Å²) in [6.07, 6.45) is 1.98. The van der Waals surface area contributed by atoms with Gasteiger partial charge >= 0.3 is 5.97 Å². The third-order valence-corrected chi connectivity index (χ3v) is 3.18.